The molecule has 4 nitrogen and oxygen atoms in total. The molecule has 0 bridgehead atoms. The Bertz CT molecular complexity index is 898. The van der Waals surface area contributed by atoms with E-state index in [0.29, 0.717) is 26.2 Å². The molecule has 154 valence electrons. The van der Waals surface area contributed by atoms with E-state index in [0.717, 1.165) is 41.9 Å². The molecule has 28 heavy (non-hydrogen) atoms. The maximum absolute atomic E-state index is 12.8. The van der Waals surface area contributed by atoms with E-state index >= 15 is 0 Å². The smallest absolute Gasteiger partial charge is 0.312 e. The fourth-order valence-corrected chi connectivity index (χ4v) is 6.59. The van der Waals surface area contributed by atoms with Crippen LogP contribution in [-0.2, 0) is 22.7 Å². The second-order valence-electron chi connectivity index (χ2n) is 6.75. The molecule has 0 spiro atoms. The number of hydrogen-bond donors (Lipinski definition) is 1. The first-order valence-corrected chi connectivity index (χ1v) is 11.5. The Balaban J connectivity index is 1.54. The highest BCUT2D eigenvalue weighted by Gasteiger charge is 2.32. The van der Waals surface area contributed by atoms with Crippen molar-refractivity contribution in [2.45, 2.75) is 29.8 Å². The van der Waals surface area contributed by atoms with Gasteiger partial charge in [0.05, 0.1) is 10.6 Å². The normalized spacial score (nSPS) is 19.1. The van der Waals surface area contributed by atoms with E-state index in [1.54, 1.807) is 11.4 Å². The molecule has 2 heterocycles. The van der Waals surface area contributed by atoms with Gasteiger partial charge in [-0.3, -0.25) is 0 Å². The van der Waals surface area contributed by atoms with Crippen molar-refractivity contribution in [3.63, 3.8) is 0 Å². The van der Waals surface area contributed by atoms with E-state index in [1.165, 1.54) is 16.4 Å². The quantitative estimate of drug-likeness (QED) is 0.696. The predicted molar refractivity (Wildman–Crippen MR) is 104 cm³/mol. The number of rotatable bonds is 6. The van der Waals surface area contributed by atoms with Crippen molar-refractivity contribution >= 4 is 33.0 Å². The van der Waals surface area contributed by atoms with Crippen LogP contribution in [0.3, 0.4) is 0 Å². The number of thiophene rings is 1. The molecule has 2 aromatic rings. The molecule has 1 unspecified atom stereocenters. The Hall–Kier alpha value is -1.13. The highest BCUT2D eigenvalue weighted by Crippen LogP contribution is 2.32. The van der Waals surface area contributed by atoms with Crippen LogP contribution >= 0.6 is 22.9 Å². The molecular formula is C18H20ClF3N2O2S2. The molecule has 3 rings (SSSR count). The first-order valence-electron chi connectivity index (χ1n) is 8.78. The topological polar surface area (TPSA) is 49.4 Å². The van der Waals surface area contributed by atoms with Crippen molar-refractivity contribution in [1.82, 2.24) is 9.62 Å². The molecule has 0 aliphatic carbocycles. The van der Waals surface area contributed by atoms with Gasteiger partial charge in [-0.25, -0.2) is 8.42 Å². The van der Waals surface area contributed by atoms with Crippen molar-refractivity contribution in [3.8, 4) is 0 Å². The summed E-state index contributed by atoms with van der Waals surface area (Å²) in [4.78, 5) is 0. The van der Waals surface area contributed by atoms with Gasteiger partial charge in [0, 0.05) is 19.6 Å². The average Bonchev–Trinajstić information content (AvgIpc) is 3.08. The van der Waals surface area contributed by atoms with Crippen LogP contribution in [0.1, 0.15) is 24.0 Å². The Morgan fingerprint density at radius 1 is 1.21 bits per heavy atom. The lowest BCUT2D eigenvalue weighted by Crippen LogP contribution is -2.42. The fraction of sp³-hybridized carbons (Fsp3) is 0.444. The summed E-state index contributed by atoms with van der Waals surface area (Å²) in [7, 11) is -3.59. The number of hydrogen-bond acceptors (Lipinski definition) is 4. The number of sulfonamides is 1. The summed E-state index contributed by atoms with van der Waals surface area (Å²) in [5.74, 6) is 0.136. The Morgan fingerprint density at radius 2 is 1.93 bits per heavy atom. The van der Waals surface area contributed by atoms with Crippen LogP contribution in [0.2, 0.25) is 5.02 Å². The molecule has 1 aromatic heterocycles. The molecule has 0 amide bonds. The third-order valence-corrected chi connectivity index (χ3v) is 8.55. The Labute approximate surface area is 171 Å². The van der Waals surface area contributed by atoms with Crippen LogP contribution in [0.25, 0.3) is 0 Å². The zero-order valence-corrected chi connectivity index (χ0v) is 17.3. The standard InChI is InChI=1S/C18H20ClF3N2O2S2/c19-16-7-9-27-17(16)28(25,26)24-8-1-2-14(12-24)11-23-10-13-3-5-15(6-4-13)18(20,21)22/h3-7,9,14,23H,1-2,8,10-12H2. The molecule has 1 aliphatic rings. The zero-order chi connectivity index (χ0) is 20.4. The molecule has 0 radical (unpaired) electrons. The van der Waals surface area contributed by atoms with Gasteiger partial charge in [-0.05, 0) is 54.4 Å². The number of alkyl halides is 3. The maximum atomic E-state index is 12.8. The molecule has 1 aromatic carbocycles. The average molecular weight is 453 g/mol. The van der Waals surface area contributed by atoms with Crippen LogP contribution in [0.5, 0.6) is 0 Å². The molecular weight excluding hydrogens is 433 g/mol. The van der Waals surface area contributed by atoms with Gasteiger partial charge in [0.1, 0.15) is 0 Å². The lowest BCUT2D eigenvalue weighted by molar-refractivity contribution is -0.137. The van der Waals surface area contributed by atoms with Crippen molar-refractivity contribution in [3.05, 3.63) is 51.9 Å². The second kappa shape index (κ2) is 8.71. The van der Waals surface area contributed by atoms with Gasteiger partial charge < -0.3 is 5.32 Å². The van der Waals surface area contributed by atoms with Crippen LogP contribution in [0.4, 0.5) is 13.2 Å². The van der Waals surface area contributed by atoms with E-state index < -0.39 is 21.8 Å². The van der Waals surface area contributed by atoms with Gasteiger partial charge in [0.2, 0.25) is 0 Å². The number of nitrogens with zero attached hydrogens (tertiary/aromatic N) is 1. The molecule has 1 saturated heterocycles. The molecule has 1 fully saturated rings. The number of halogens is 4. The Morgan fingerprint density at radius 3 is 2.54 bits per heavy atom. The third-order valence-electron chi connectivity index (χ3n) is 4.68. The number of benzene rings is 1. The zero-order valence-electron chi connectivity index (χ0n) is 14.9. The fourth-order valence-electron chi connectivity index (χ4n) is 3.23. The van der Waals surface area contributed by atoms with E-state index in [4.69, 9.17) is 11.6 Å². The van der Waals surface area contributed by atoms with Crippen molar-refractivity contribution in [2.24, 2.45) is 5.92 Å². The van der Waals surface area contributed by atoms with E-state index in [9.17, 15) is 21.6 Å². The minimum atomic E-state index is -4.34. The third kappa shape index (κ3) is 5.07. The van der Waals surface area contributed by atoms with Crippen molar-refractivity contribution in [1.29, 1.82) is 0 Å². The highest BCUT2D eigenvalue weighted by molar-refractivity contribution is 7.91. The van der Waals surface area contributed by atoms with Crippen molar-refractivity contribution in [2.75, 3.05) is 19.6 Å². The lowest BCUT2D eigenvalue weighted by Gasteiger charge is -2.31. The van der Waals surface area contributed by atoms with E-state index in [-0.39, 0.29) is 15.1 Å². The lowest BCUT2D eigenvalue weighted by atomic mass is 9.99. The SMILES string of the molecule is O=S(=O)(c1sccc1Cl)N1CCCC(CNCc2ccc(C(F)(F)F)cc2)C1. The second-order valence-corrected chi connectivity index (χ2v) is 10.2. The van der Waals surface area contributed by atoms with Crippen LogP contribution < -0.4 is 5.32 Å². The predicted octanol–water partition coefficient (Wildman–Crippen LogP) is 4.61. The number of piperidine rings is 1. The maximum Gasteiger partial charge on any atom is 0.416 e. The molecule has 10 heteroatoms. The largest absolute Gasteiger partial charge is 0.416 e. The van der Waals surface area contributed by atoms with Crippen molar-refractivity contribution < 1.29 is 21.6 Å². The molecule has 1 aliphatic heterocycles. The monoisotopic (exact) mass is 452 g/mol. The van der Waals surface area contributed by atoms with Gasteiger partial charge >= 0.3 is 6.18 Å². The summed E-state index contributed by atoms with van der Waals surface area (Å²) in [6.45, 7) is 1.88. The Kier molecular flexibility index (Phi) is 6.71. The van der Waals surface area contributed by atoms with E-state index in [1.807, 2.05) is 0 Å². The first kappa shape index (κ1) is 21.6. The van der Waals surface area contributed by atoms with Crippen LogP contribution in [0, 0.1) is 5.92 Å². The van der Waals surface area contributed by atoms with Gasteiger partial charge in [0.25, 0.3) is 10.0 Å². The van der Waals surface area contributed by atoms with Crippen LogP contribution in [-0.4, -0.2) is 32.4 Å². The minimum absolute atomic E-state index is 0.136. The summed E-state index contributed by atoms with van der Waals surface area (Å²) in [5.41, 5.74) is 0.0790. The minimum Gasteiger partial charge on any atom is -0.312 e. The summed E-state index contributed by atoms with van der Waals surface area (Å²) in [6.07, 6.45) is -2.69. The summed E-state index contributed by atoms with van der Waals surface area (Å²) in [6, 6.07) is 6.61. The van der Waals surface area contributed by atoms with Crippen LogP contribution in [0.15, 0.2) is 39.9 Å². The molecule has 0 saturated carbocycles. The number of nitrogens with one attached hydrogen (secondary N) is 1. The summed E-state index contributed by atoms with van der Waals surface area (Å²) >= 11 is 7.10. The van der Waals surface area contributed by atoms with Gasteiger partial charge in [-0.15, -0.1) is 11.3 Å². The summed E-state index contributed by atoms with van der Waals surface area (Å²) in [5, 5.41) is 5.12. The summed E-state index contributed by atoms with van der Waals surface area (Å²) < 4.78 is 65.0. The first-order chi connectivity index (χ1) is 13.2. The highest BCUT2D eigenvalue weighted by atomic mass is 35.5. The molecule has 1 N–H and O–H groups in total. The van der Waals surface area contributed by atoms with E-state index in [2.05, 4.69) is 5.32 Å². The molecule has 1 atom stereocenters. The van der Waals surface area contributed by atoms with Gasteiger partial charge in [-0.1, -0.05) is 23.7 Å². The van der Waals surface area contributed by atoms with Gasteiger partial charge in [-0.2, -0.15) is 17.5 Å². The van der Waals surface area contributed by atoms with Gasteiger partial charge in [0.15, 0.2) is 4.21 Å².